The quantitative estimate of drug-likeness (QED) is 0.355. The molecule has 0 N–H and O–H groups in total. The lowest BCUT2D eigenvalue weighted by atomic mass is 9.85. The van der Waals surface area contributed by atoms with Crippen molar-refractivity contribution < 1.29 is 19.2 Å². The van der Waals surface area contributed by atoms with Crippen molar-refractivity contribution >= 4 is 12.3 Å². The van der Waals surface area contributed by atoms with Gasteiger partial charge in [0.1, 0.15) is 11.6 Å². The van der Waals surface area contributed by atoms with Gasteiger partial charge in [-0.1, -0.05) is 91.0 Å². The van der Waals surface area contributed by atoms with Gasteiger partial charge < -0.3 is 14.4 Å². The summed E-state index contributed by atoms with van der Waals surface area (Å²) in [6.07, 6.45) is -0.115. The monoisotopic (exact) mass is 417 g/mol. The molecule has 0 aliphatic carbocycles. The number of ether oxygens (including phenoxy) is 1. The zero-order chi connectivity index (χ0) is 22.1. The third-order valence-corrected chi connectivity index (χ3v) is 5.23. The molecule has 2 atom stereocenters. The normalized spacial score (nSPS) is 13.9. The molecule has 3 rings (SSSR count). The lowest BCUT2D eigenvalue weighted by molar-refractivity contribution is -0.245. The Morgan fingerprint density at radius 1 is 0.903 bits per heavy atom. The summed E-state index contributed by atoms with van der Waals surface area (Å²) in [5.41, 5.74) is 1.64. The molecule has 0 radical (unpaired) electrons. The number of nitrogens with zero attached hydrogens (tertiary/aromatic N) is 1. The molecular formula is C26H27NO4. The summed E-state index contributed by atoms with van der Waals surface area (Å²) in [7, 11) is 0. The molecule has 3 aromatic carbocycles. The Kier molecular flexibility index (Phi) is 7.70. The van der Waals surface area contributed by atoms with E-state index in [4.69, 9.17) is 9.57 Å². The summed E-state index contributed by atoms with van der Waals surface area (Å²) >= 11 is 0. The van der Waals surface area contributed by atoms with Gasteiger partial charge in [-0.15, -0.1) is 5.06 Å². The number of carbonyl (C=O) groups is 2. The van der Waals surface area contributed by atoms with E-state index in [1.807, 2.05) is 97.9 Å². The van der Waals surface area contributed by atoms with Crippen LogP contribution in [0.2, 0.25) is 0 Å². The average molecular weight is 418 g/mol. The second-order valence-electron chi connectivity index (χ2n) is 7.47. The Balaban J connectivity index is 2.00. The van der Waals surface area contributed by atoms with E-state index in [0.717, 1.165) is 23.0 Å². The molecule has 0 heterocycles. The van der Waals surface area contributed by atoms with Crippen LogP contribution in [0.1, 0.15) is 30.5 Å². The smallest absolute Gasteiger partial charge is 0.322 e. The maximum Gasteiger partial charge on any atom is 0.322 e. The molecule has 0 fully saturated rings. The number of aldehydes is 1. The van der Waals surface area contributed by atoms with E-state index in [1.165, 1.54) is 6.92 Å². The lowest BCUT2D eigenvalue weighted by Crippen LogP contribution is -2.53. The third kappa shape index (κ3) is 5.66. The largest absolute Gasteiger partial charge is 0.367 e. The molecule has 0 bridgehead atoms. The summed E-state index contributed by atoms with van der Waals surface area (Å²) in [5, 5.41) is 1.55. The van der Waals surface area contributed by atoms with Gasteiger partial charge in [-0.25, -0.2) is 0 Å². The Bertz CT molecular complexity index is 962. The van der Waals surface area contributed by atoms with Crippen LogP contribution in [0.3, 0.4) is 0 Å². The van der Waals surface area contributed by atoms with Gasteiger partial charge in [0.2, 0.25) is 0 Å². The zero-order valence-electron chi connectivity index (χ0n) is 17.8. The molecule has 0 saturated carbocycles. The lowest BCUT2D eigenvalue weighted by Gasteiger charge is -2.42. The van der Waals surface area contributed by atoms with Crippen LogP contribution >= 0.6 is 0 Å². The molecule has 0 unspecified atom stereocenters. The predicted octanol–water partition coefficient (Wildman–Crippen LogP) is 4.67. The molecule has 0 saturated heterocycles. The van der Waals surface area contributed by atoms with Crippen molar-refractivity contribution in [1.82, 2.24) is 5.06 Å². The van der Waals surface area contributed by atoms with Gasteiger partial charge in [-0.3, -0.25) is 4.79 Å². The first-order chi connectivity index (χ1) is 15.0. The minimum absolute atomic E-state index is 0.256. The average Bonchev–Trinajstić information content (AvgIpc) is 2.80. The summed E-state index contributed by atoms with van der Waals surface area (Å²) in [6.45, 7) is 3.76. The third-order valence-electron chi connectivity index (χ3n) is 5.23. The van der Waals surface area contributed by atoms with E-state index in [1.54, 1.807) is 5.06 Å². The zero-order valence-corrected chi connectivity index (χ0v) is 17.8. The predicted molar refractivity (Wildman–Crippen MR) is 119 cm³/mol. The van der Waals surface area contributed by atoms with E-state index >= 15 is 0 Å². The van der Waals surface area contributed by atoms with Crippen LogP contribution in [0.25, 0.3) is 0 Å². The standard InChI is InChI=1S/C26H27NO4/c1-21(29)31-27(18-22-12-6-3-7-13-22)26(2,24-16-10-5-11-17-24)25(19-28)30-20-23-14-8-4-9-15-23/h3-17,19,25H,18,20H2,1-2H3/t25-,26-/m1/s1. The van der Waals surface area contributed by atoms with Gasteiger partial charge in [0.15, 0.2) is 6.29 Å². The fourth-order valence-electron chi connectivity index (χ4n) is 3.52. The molecule has 3 aromatic rings. The number of hydrogen-bond donors (Lipinski definition) is 0. The number of benzene rings is 3. The highest BCUT2D eigenvalue weighted by Gasteiger charge is 2.45. The Morgan fingerprint density at radius 3 is 1.94 bits per heavy atom. The van der Waals surface area contributed by atoms with Gasteiger partial charge in [-0.2, -0.15) is 0 Å². The fraction of sp³-hybridized carbons (Fsp3) is 0.231. The molecule has 0 spiro atoms. The number of hydroxylamine groups is 2. The summed E-state index contributed by atoms with van der Waals surface area (Å²) < 4.78 is 6.10. The second kappa shape index (κ2) is 10.7. The van der Waals surface area contributed by atoms with Gasteiger partial charge in [0, 0.05) is 6.92 Å². The molecule has 160 valence electrons. The maximum absolute atomic E-state index is 12.3. The van der Waals surface area contributed by atoms with Gasteiger partial charge in [-0.05, 0) is 23.6 Å². The van der Waals surface area contributed by atoms with Crippen LogP contribution in [0.4, 0.5) is 0 Å². The fourth-order valence-corrected chi connectivity index (χ4v) is 3.52. The topological polar surface area (TPSA) is 55.8 Å². The molecule has 0 aliphatic rings. The number of carbonyl (C=O) groups excluding carboxylic acids is 2. The highest BCUT2D eigenvalue weighted by atomic mass is 16.7. The van der Waals surface area contributed by atoms with Crippen LogP contribution in [-0.2, 0) is 37.9 Å². The minimum atomic E-state index is -1.06. The summed E-state index contributed by atoms with van der Waals surface area (Å²) in [5.74, 6) is -0.467. The Morgan fingerprint density at radius 2 is 1.42 bits per heavy atom. The number of hydrogen-bond acceptors (Lipinski definition) is 5. The molecule has 31 heavy (non-hydrogen) atoms. The molecule has 0 amide bonds. The summed E-state index contributed by atoms with van der Waals surface area (Å²) in [4.78, 5) is 30.0. The van der Waals surface area contributed by atoms with Crippen molar-refractivity contribution in [2.45, 2.75) is 38.6 Å². The highest BCUT2D eigenvalue weighted by Crippen LogP contribution is 2.35. The van der Waals surface area contributed by atoms with E-state index < -0.39 is 17.6 Å². The maximum atomic E-state index is 12.3. The van der Waals surface area contributed by atoms with Crippen molar-refractivity contribution in [1.29, 1.82) is 0 Å². The SMILES string of the molecule is CC(=O)ON(Cc1ccccc1)[C@](C)(c1ccccc1)[C@@H](C=O)OCc1ccccc1. The van der Waals surface area contributed by atoms with E-state index in [2.05, 4.69) is 0 Å². The van der Waals surface area contributed by atoms with Crippen LogP contribution in [-0.4, -0.2) is 23.4 Å². The first kappa shape index (κ1) is 22.4. The van der Waals surface area contributed by atoms with Gasteiger partial charge in [0.25, 0.3) is 0 Å². The number of rotatable bonds is 10. The highest BCUT2D eigenvalue weighted by molar-refractivity contribution is 5.66. The molecule has 0 aliphatic heterocycles. The molecule has 5 heteroatoms. The van der Waals surface area contributed by atoms with Crippen LogP contribution in [0.5, 0.6) is 0 Å². The van der Waals surface area contributed by atoms with E-state index in [-0.39, 0.29) is 6.61 Å². The first-order valence-corrected chi connectivity index (χ1v) is 10.2. The first-order valence-electron chi connectivity index (χ1n) is 10.2. The van der Waals surface area contributed by atoms with Crippen molar-refractivity contribution in [3.8, 4) is 0 Å². The molecular weight excluding hydrogens is 390 g/mol. The second-order valence-corrected chi connectivity index (χ2v) is 7.47. The van der Waals surface area contributed by atoms with Crippen molar-refractivity contribution in [2.24, 2.45) is 0 Å². The molecule has 5 nitrogen and oxygen atoms in total. The Hall–Kier alpha value is -3.28. The van der Waals surface area contributed by atoms with Crippen LogP contribution in [0.15, 0.2) is 91.0 Å². The Labute approximate surface area is 183 Å². The van der Waals surface area contributed by atoms with Crippen molar-refractivity contribution in [2.75, 3.05) is 0 Å². The van der Waals surface area contributed by atoms with Gasteiger partial charge >= 0.3 is 5.97 Å². The van der Waals surface area contributed by atoms with E-state index in [9.17, 15) is 9.59 Å². The minimum Gasteiger partial charge on any atom is -0.367 e. The van der Waals surface area contributed by atoms with E-state index in [0.29, 0.717) is 6.54 Å². The molecule has 0 aromatic heterocycles. The van der Waals surface area contributed by atoms with Crippen molar-refractivity contribution in [3.63, 3.8) is 0 Å². The van der Waals surface area contributed by atoms with Crippen LogP contribution in [0, 0.1) is 0 Å². The summed E-state index contributed by atoms with van der Waals surface area (Å²) in [6, 6.07) is 28.8. The van der Waals surface area contributed by atoms with Crippen molar-refractivity contribution in [3.05, 3.63) is 108 Å². The van der Waals surface area contributed by atoms with Crippen LogP contribution < -0.4 is 0 Å². The van der Waals surface area contributed by atoms with Gasteiger partial charge in [0.05, 0.1) is 13.2 Å².